The Morgan fingerprint density at radius 1 is 1.17 bits per heavy atom. The highest BCUT2D eigenvalue weighted by Gasteiger charge is 2.25. The summed E-state index contributed by atoms with van der Waals surface area (Å²) < 4.78 is 0. The molecular formula is C16H32N2. The van der Waals surface area contributed by atoms with Crippen molar-refractivity contribution in [1.29, 1.82) is 0 Å². The van der Waals surface area contributed by atoms with E-state index in [4.69, 9.17) is 0 Å². The minimum absolute atomic E-state index is 0.765. The van der Waals surface area contributed by atoms with Gasteiger partial charge in [0.1, 0.15) is 0 Å². The van der Waals surface area contributed by atoms with Crippen LogP contribution in [0.2, 0.25) is 0 Å². The number of likely N-dealkylation sites (tertiary alicyclic amines) is 1. The summed E-state index contributed by atoms with van der Waals surface area (Å²) in [6.07, 6.45) is 10.3. The van der Waals surface area contributed by atoms with E-state index in [1.807, 2.05) is 0 Å². The molecule has 1 heterocycles. The second-order valence-electron chi connectivity index (χ2n) is 6.52. The zero-order valence-corrected chi connectivity index (χ0v) is 12.5. The molecule has 106 valence electrons. The maximum absolute atomic E-state index is 3.63. The lowest BCUT2D eigenvalue weighted by Crippen LogP contribution is -2.48. The Hall–Kier alpha value is -0.0800. The van der Waals surface area contributed by atoms with E-state index in [2.05, 4.69) is 24.1 Å². The van der Waals surface area contributed by atoms with Gasteiger partial charge in [-0.05, 0) is 50.7 Å². The zero-order valence-electron chi connectivity index (χ0n) is 12.5. The van der Waals surface area contributed by atoms with Crippen molar-refractivity contribution in [3.63, 3.8) is 0 Å². The lowest BCUT2D eigenvalue weighted by atomic mass is 9.93. The Morgan fingerprint density at radius 3 is 2.61 bits per heavy atom. The Labute approximate surface area is 114 Å². The lowest BCUT2D eigenvalue weighted by Gasteiger charge is -2.37. The molecule has 1 N–H and O–H groups in total. The van der Waals surface area contributed by atoms with Gasteiger partial charge in [-0.15, -0.1) is 0 Å². The first kappa shape index (κ1) is 14.3. The van der Waals surface area contributed by atoms with Gasteiger partial charge in [-0.2, -0.15) is 0 Å². The molecule has 2 heteroatoms. The van der Waals surface area contributed by atoms with Gasteiger partial charge in [0.05, 0.1) is 0 Å². The molecule has 2 atom stereocenters. The van der Waals surface area contributed by atoms with Crippen molar-refractivity contribution in [2.75, 3.05) is 26.2 Å². The minimum atomic E-state index is 0.765. The van der Waals surface area contributed by atoms with E-state index in [0.29, 0.717) is 0 Å². The van der Waals surface area contributed by atoms with Crippen molar-refractivity contribution in [3.8, 4) is 0 Å². The van der Waals surface area contributed by atoms with Crippen molar-refractivity contribution in [2.45, 2.75) is 64.8 Å². The van der Waals surface area contributed by atoms with E-state index in [-0.39, 0.29) is 0 Å². The van der Waals surface area contributed by atoms with Crippen LogP contribution in [-0.2, 0) is 0 Å². The van der Waals surface area contributed by atoms with Crippen LogP contribution >= 0.6 is 0 Å². The highest BCUT2D eigenvalue weighted by atomic mass is 15.1. The van der Waals surface area contributed by atoms with Gasteiger partial charge >= 0.3 is 0 Å². The number of nitrogens with one attached hydrogen (secondary N) is 1. The van der Waals surface area contributed by atoms with Gasteiger partial charge in [-0.1, -0.05) is 39.5 Å². The Bertz CT molecular complexity index is 223. The van der Waals surface area contributed by atoms with Crippen LogP contribution < -0.4 is 5.32 Å². The molecule has 2 unspecified atom stereocenters. The molecule has 0 aromatic heterocycles. The lowest BCUT2D eigenvalue weighted by molar-refractivity contribution is 0.144. The number of hydrogen-bond acceptors (Lipinski definition) is 2. The molecule has 0 radical (unpaired) electrons. The van der Waals surface area contributed by atoms with Gasteiger partial charge in [0.2, 0.25) is 0 Å². The quantitative estimate of drug-likeness (QED) is 0.780. The molecule has 1 saturated carbocycles. The summed E-state index contributed by atoms with van der Waals surface area (Å²) >= 11 is 0. The van der Waals surface area contributed by atoms with E-state index in [1.165, 1.54) is 64.6 Å². The number of rotatable bonds is 6. The van der Waals surface area contributed by atoms with Crippen LogP contribution in [0.3, 0.4) is 0 Å². The third-order valence-electron chi connectivity index (χ3n) is 5.02. The van der Waals surface area contributed by atoms with Crippen LogP contribution in [0.5, 0.6) is 0 Å². The summed E-state index contributed by atoms with van der Waals surface area (Å²) in [5.41, 5.74) is 0. The predicted octanol–water partition coefficient (Wildman–Crippen LogP) is 3.28. The summed E-state index contributed by atoms with van der Waals surface area (Å²) in [5, 5.41) is 3.63. The molecule has 2 rings (SSSR count). The first-order chi connectivity index (χ1) is 8.79. The molecule has 0 amide bonds. The fourth-order valence-corrected chi connectivity index (χ4v) is 3.90. The third-order valence-corrected chi connectivity index (χ3v) is 5.02. The topological polar surface area (TPSA) is 15.3 Å². The van der Waals surface area contributed by atoms with Gasteiger partial charge in [0, 0.05) is 12.6 Å². The highest BCUT2D eigenvalue weighted by molar-refractivity contribution is 4.82. The molecule has 1 saturated heterocycles. The summed E-state index contributed by atoms with van der Waals surface area (Å²) in [7, 11) is 0. The number of piperidine rings is 1. The summed E-state index contributed by atoms with van der Waals surface area (Å²) in [6.45, 7) is 9.72. The molecule has 0 bridgehead atoms. The fourth-order valence-electron chi connectivity index (χ4n) is 3.90. The normalized spacial score (nSPS) is 31.0. The van der Waals surface area contributed by atoms with Crippen LogP contribution in [0.15, 0.2) is 0 Å². The van der Waals surface area contributed by atoms with Crippen LogP contribution in [0.25, 0.3) is 0 Å². The van der Waals surface area contributed by atoms with E-state index >= 15 is 0 Å². The second-order valence-corrected chi connectivity index (χ2v) is 6.52. The molecule has 1 aliphatic heterocycles. The van der Waals surface area contributed by atoms with Gasteiger partial charge in [-0.25, -0.2) is 0 Å². The van der Waals surface area contributed by atoms with Crippen LogP contribution in [0, 0.1) is 11.8 Å². The smallest absolute Gasteiger partial charge is 0.0117 e. The molecule has 0 spiro atoms. The van der Waals surface area contributed by atoms with Crippen LogP contribution in [0.4, 0.5) is 0 Å². The molecule has 2 nitrogen and oxygen atoms in total. The largest absolute Gasteiger partial charge is 0.314 e. The highest BCUT2D eigenvalue weighted by Crippen LogP contribution is 2.28. The van der Waals surface area contributed by atoms with Crippen molar-refractivity contribution in [1.82, 2.24) is 10.2 Å². The van der Waals surface area contributed by atoms with E-state index < -0.39 is 0 Å². The second kappa shape index (κ2) is 7.49. The third kappa shape index (κ3) is 4.24. The standard InChI is InChI=1S/C16H32N2/c1-3-17-16-10-12-18(13-14(16)2)11-6-9-15-7-4-5-8-15/h14-17H,3-13H2,1-2H3. The average molecular weight is 252 g/mol. The molecule has 0 aromatic carbocycles. The van der Waals surface area contributed by atoms with Crippen LogP contribution in [-0.4, -0.2) is 37.1 Å². The average Bonchev–Trinajstić information content (AvgIpc) is 2.86. The maximum atomic E-state index is 3.63. The molecule has 0 aromatic rings. The zero-order chi connectivity index (χ0) is 12.8. The van der Waals surface area contributed by atoms with Gasteiger partial charge in [0.15, 0.2) is 0 Å². The molecule has 2 aliphatic rings. The Balaban J connectivity index is 1.59. The van der Waals surface area contributed by atoms with Gasteiger partial charge in [-0.3, -0.25) is 0 Å². The van der Waals surface area contributed by atoms with Crippen molar-refractivity contribution in [3.05, 3.63) is 0 Å². The molecule has 18 heavy (non-hydrogen) atoms. The SMILES string of the molecule is CCNC1CCN(CCCC2CCCC2)CC1C. The van der Waals surface area contributed by atoms with E-state index in [9.17, 15) is 0 Å². The number of hydrogen-bond donors (Lipinski definition) is 1. The maximum Gasteiger partial charge on any atom is 0.0117 e. The Morgan fingerprint density at radius 2 is 1.94 bits per heavy atom. The van der Waals surface area contributed by atoms with Gasteiger partial charge < -0.3 is 10.2 Å². The van der Waals surface area contributed by atoms with Crippen LogP contribution in [0.1, 0.15) is 58.8 Å². The summed E-state index contributed by atoms with van der Waals surface area (Å²) in [4.78, 5) is 2.70. The minimum Gasteiger partial charge on any atom is -0.314 e. The molecule has 2 fully saturated rings. The fraction of sp³-hybridized carbons (Fsp3) is 1.00. The Kier molecular flexibility index (Phi) is 5.97. The molecule has 1 aliphatic carbocycles. The summed E-state index contributed by atoms with van der Waals surface area (Å²) in [5.74, 6) is 1.90. The number of nitrogens with zero attached hydrogens (tertiary/aromatic N) is 1. The first-order valence-corrected chi connectivity index (χ1v) is 8.25. The van der Waals surface area contributed by atoms with E-state index in [0.717, 1.165) is 24.4 Å². The molecular weight excluding hydrogens is 220 g/mol. The van der Waals surface area contributed by atoms with Crippen molar-refractivity contribution >= 4 is 0 Å². The van der Waals surface area contributed by atoms with Crippen molar-refractivity contribution < 1.29 is 0 Å². The monoisotopic (exact) mass is 252 g/mol. The summed E-state index contributed by atoms with van der Waals surface area (Å²) in [6, 6.07) is 0.765. The van der Waals surface area contributed by atoms with E-state index in [1.54, 1.807) is 0 Å². The van der Waals surface area contributed by atoms with Crippen molar-refractivity contribution in [2.24, 2.45) is 11.8 Å². The predicted molar refractivity (Wildman–Crippen MR) is 78.9 cm³/mol. The first-order valence-electron chi connectivity index (χ1n) is 8.25. The van der Waals surface area contributed by atoms with Gasteiger partial charge in [0.25, 0.3) is 0 Å².